The van der Waals surface area contributed by atoms with E-state index in [0.717, 1.165) is 19.0 Å². The number of benzene rings is 1. The summed E-state index contributed by atoms with van der Waals surface area (Å²) in [5.41, 5.74) is 6.41. The summed E-state index contributed by atoms with van der Waals surface area (Å²) >= 11 is 0. The topological polar surface area (TPSA) is 29.9 Å². The van der Waals surface area contributed by atoms with Gasteiger partial charge in [-0.3, -0.25) is 0 Å². The third-order valence-corrected chi connectivity index (χ3v) is 3.90. The Morgan fingerprint density at radius 2 is 1.90 bits per heavy atom. The normalized spacial score (nSPS) is 14.8. The number of nitrogens with one attached hydrogen (secondary N) is 1. The molecule has 0 bridgehead atoms. The second-order valence-electron chi connectivity index (χ2n) is 5.88. The Labute approximate surface area is 121 Å². The monoisotopic (exact) mass is 269 g/mol. The Morgan fingerprint density at radius 1 is 1.20 bits per heavy atom. The molecule has 3 nitrogen and oxygen atoms in total. The number of hydrogen-bond donors (Lipinski definition) is 1. The highest BCUT2D eigenvalue weighted by atomic mass is 15.3. The molecule has 1 heterocycles. The molecule has 1 fully saturated rings. The van der Waals surface area contributed by atoms with Crippen LogP contribution < -0.4 is 5.32 Å². The third-order valence-electron chi connectivity index (χ3n) is 3.90. The summed E-state index contributed by atoms with van der Waals surface area (Å²) in [5, 5.41) is 8.20. The van der Waals surface area contributed by atoms with Crippen molar-refractivity contribution in [3.63, 3.8) is 0 Å². The molecule has 0 saturated heterocycles. The van der Waals surface area contributed by atoms with Crippen molar-refractivity contribution in [1.29, 1.82) is 0 Å². The highest BCUT2D eigenvalue weighted by molar-refractivity contribution is 5.41. The molecule has 1 aliphatic rings. The zero-order valence-electron chi connectivity index (χ0n) is 12.6. The lowest BCUT2D eigenvalue weighted by molar-refractivity contribution is 0.680. The maximum absolute atomic E-state index is 4.61. The van der Waals surface area contributed by atoms with Crippen LogP contribution in [0.5, 0.6) is 0 Å². The number of hydrogen-bond acceptors (Lipinski definition) is 2. The van der Waals surface area contributed by atoms with E-state index in [1.807, 2.05) is 6.20 Å². The van der Waals surface area contributed by atoms with Crippen LogP contribution in [0.15, 0.2) is 24.4 Å². The second-order valence-corrected chi connectivity index (χ2v) is 5.88. The van der Waals surface area contributed by atoms with Gasteiger partial charge >= 0.3 is 0 Å². The molecule has 0 atom stereocenters. The molecular weight excluding hydrogens is 246 g/mol. The smallest absolute Gasteiger partial charge is 0.0654 e. The predicted molar refractivity (Wildman–Crippen MR) is 82.3 cm³/mol. The molecule has 0 spiro atoms. The van der Waals surface area contributed by atoms with Gasteiger partial charge in [-0.1, -0.05) is 13.0 Å². The van der Waals surface area contributed by atoms with Crippen LogP contribution >= 0.6 is 0 Å². The lowest BCUT2D eigenvalue weighted by atomic mass is 10.1. The van der Waals surface area contributed by atoms with E-state index in [2.05, 4.69) is 54.1 Å². The molecule has 1 aliphatic carbocycles. The molecule has 3 rings (SSSR count). The molecule has 2 aromatic rings. The summed E-state index contributed by atoms with van der Waals surface area (Å²) in [6.45, 7) is 7.43. The highest BCUT2D eigenvalue weighted by Gasteiger charge is 2.21. The van der Waals surface area contributed by atoms with Gasteiger partial charge < -0.3 is 5.32 Å². The van der Waals surface area contributed by atoms with Gasteiger partial charge in [0.1, 0.15) is 0 Å². The van der Waals surface area contributed by atoms with Gasteiger partial charge in [-0.05, 0) is 56.4 Å². The van der Waals surface area contributed by atoms with E-state index in [0.29, 0.717) is 0 Å². The van der Waals surface area contributed by atoms with Crippen molar-refractivity contribution in [3.05, 3.63) is 46.8 Å². The maximum Gasteiger partial charge on any atom is 0.0654 e. The zero-order chi connectivity index (χ0) is 14.1. The van der Waals surface area contributed by atoms with Crippen molar-refractivity contribution in [3.8, 4) is 5.69 Å². The Balaban J connectivity index is 1.91. The van der Waals surface area contributed by atoms with E-state index in [4.69, 9.17) is 0 Å². The molecular formula is C17H23N3. The first-order chi connectivity index (χ1) is 9.67. The standard InChI is InChI=1S/C17H23N3/c1-4-17-14(10-18-15-5-6-15)11-19-20(17)16-8-12(2)7-13(3)9-16/h7-9,11,15,18H,4-6,10H2,1-3H3. The van der Waals surface area contributed by atoms with Crippen LogP contribution in [-0.4, -0.2) is 15.8 Å². The summed E-state index contributed by atoms with van der Waals surface area (Å²) in [6, 6.07) is 7.35. The minimum Gasteiger partial charge on any atom is -0.310 e. The summed E-state index contributed by atoms with van der Waals surface area (Å²) in [7, 11) is 0. The lowest BCUT2D eigenvalue weighted by Crippen LogP contribution is -2.16. The summed E-state index contributed by atoms with van der Waals surface area (Å²) in [5.74, 6) is 0. The SMILES string of the molecule is CCc1c(CNC2CC2)cnn1-c1cc(C)cc(C)c1. The summed E-state index contributed by atoms with van der Waals surface area (Å²) in [4.78, 5) is 0. The van der Waals surface area contributed by atoms with E-state index in [1.165, 1.54) is 40.9 Å². The Hall–Kier alpha value is -1.61. The van der Waals surface area contributed by atoms with Crippen LogP contribution in [0, 0.1) is 13.8 Å². The molecule has 0 aliphatic heterocycles. The van der Waals surface area contributed by atoms with Crippen molar-refractivity contribution >= 4 is 0 Å². The van der Waals surface area contributed by atoms with Crippen LogP contribution in [0.3, 0.4) is 0 Å². The highest BCUT2D eigenvalue weighted by Crippen LogP contribution is 2.22. The largest absolute Gasteiger partial charge is 0.310 e. The van der Waals surface area contributed by atoms with E-state index >= 15 is 0 Å². The van der Waals surface area contributed by atoms with Crippen molar-refractivity contribution in [2.24, 2.45) is 0 Å². The van der Waals surface area contributed by atoms with Gasteiger partial charge in [0.2, 0.25) is 0 Å². The predicted octanol–water partition coefficient (Wildman–Crippen LogP) is 3.30. The van der Waals surface area contributed by atoms with Crippen LogP contribution in [0.4, 0.5) is 0 Å². The molecule has 20 heavy (non-hydrogen) atoms. The maximum atomic E-state index is 4.61. The average molecular weight is 269 g/mol. The minimum atomic E-state index is 0.740. The quantitative estimate of drug-likeness (QED) is 0.902. The molecule has 0 unspecified atom stereocenters. The first kappa shape index (κ1) is 13.4. The van der Waals surface area contributed by atoms with E-state index in [9.17, 15) is 0 Å². The van der Waals surface area contributed by atoms with Crippen molar-refractivity contribution < 1.29 is 0 Å². The Morgan fingerprint density at radius 3 is 2.50 bits per heavy atom. The first-order valence-electron chi connectivity index (χ1n) is 7.55. The van der Waals surface area contributed by atoms with Crippen LogP contribution in [0.2, 0.25) is 0 Å². The van der Waals surface area contributed by atoms with Crippen LogP contribution in [0.1, 0.15) is 42.1 Å². The number of nitrogens with zero attached hydrogens (tertiary/aromatic N) is 2. The number of aromatic nitrogens is 2. The zero-order valence-corrected chi connectivity index (χ0v) is 12.6. The van der Waals surface area contributed by atoms with Crippen LogP contribution in [0.25, 0.3) is 5.69 Å². The van der Waals surface area contributed by atoms with Gasteiger partial charge in [-0.15, -0.1) is 0 Å². The molecule has 1 saturated carbocycles. The van der Waals surface area contributed by atoms with Crippen molar-refractivity contribution in [2.75, 3.05) is 0 Å². The van der Waals surface area contributed by atoms with Gasteiger partial charge in [0.25, 0.3) is 0 Å². The summed E-state index contributed by atoms with van der Waals surface area (Å²) < 4.78 is 2.10. The molecule has 0 radical (unpaired) electrons. The molecule has 3 heteroatoms. The van der Waals surface area contributed by atoms with E-state index in [-0.39, 0.29) is 0 Å². The Kier molecular flexibility index (Phi) is 3.62. The molecule has 1 aromatic heterocycles. The van der Waals surface area contributed by atoms with E-state index < -0.39 is 0 Å². The van der Waals surface area contributed by atoms with Gasteiger partial charge in [0.05, 0.1) is 11.9 Å². The van der Waals surface area contributed by atoms with Crippen molar-refractivity contribution in [1.82, 2.24) is 15.1 Å². The fourth-order valence-corrected chi connectivity index (χ4v) is 2.77. The molecule has 1 aromatic carbocycles. The van der Waals surface area contributed by atoms with Crippen molar-refractivity contribution in [2.45, 2.75) is 52.6 Å². The second kappa shape index (κ2) is 5.41. The minimum absolute atomic E-state index is 0.740. The third kappa shape index (κ3) is 2.78. The van der Waals surface area contributed by atoms with E-state index in [1.54, 1.807) is 0 Å². The van der Waals surface area contributed by atoms with Gasteiger partial charge in [0.15, 0.2) is 0 Å². The first-order valence-corrected chi connectivity index (χ1v) is 7.55. The molecule has 106 valence electrons. The fraction of sp³-hybridized carbons (Fsp3) is 0.471. The fourth-order valence-electron chi connectivity index (χ4n) is 2.77. The lowest BCUT2D eigenvalue weighted by Gasteiger charge is -2.10. The molecule has 0 amide bonds. The van der Waals surface area contributed by atoms with Crippen LogP contribution in [-0.2, 0) is 13.0 Å². The molecule has 1 N–H and O–H groups in total. The van der Waals surface area contributed by atoms with Gasteiger partial charge in [-0.2, -0.15) is 5.10 Å². The number of aryl methyl sites for hydroxylation is 2. The Bertz CT molecular complexity index is 588. The van der Waals surface area contributed by atoms with Gasteiger partial charge in [0, 0.05) is 23.8 Å². The number of rotatable bonds is 5. The summed E-state index contributed by atoms with van der Waals surface area (Å²) in [6.07, 6.45) is 5.68. The average Bonchev–Trinajstić information content (AvgIpc) is 3.14. The van der Waals surface area contributed by atoms with Gasteiger partial charge in [-0.25, -0.2) is 4.68 Å².